The molecule has 0 heterocycles. The Bertz CT molecular complexity index is 350. The van der Waals surface area contributed by atoms with Crippen molar-refractivity contribution in [2.24, 2.45) is 0 Å². The third-order valence-electron chi connectivity index (χ3n) is 3.05. The van der Waals surface area contributed by atoms with Crippen LogP contribution in [0.1, 0.15) is 32.4 Å². The van der Waals surface area contributed by atoms with Gasteiger partial charge in [-0.15, -0.1) is 0 Å². The molecular weight excluding hydrogens is 264 g/mol. The van der Waals surface area contributed by atoms with Crippen molar-refractivity contribution >= 4 is 21.6 Å². The summed E-state index contributed by atoms with van der Waals surface area (Å²) in [5, 5.41) is 3.29. The number of halogens is 1. The van der Waals surface area contributed by atoms with Crippen LogP contribution < -0.4 is 10.2 Å². The lowest BCUT2D eigenvalue weighted by atomic mass is 10.0. The van der Waals surface area contributed by atoms with E-state index in [-0.39, 0.29) is 0 Å². The van der Waals surface area contributed by atoms with Crippen LogP contribution in [0.5, 0.6) is 0 Å². The summed E-state index contributed by atoms with van der Waals surface area (Å²) in [6.07, 6.45) is 0. The third kappa shape index (κ3) is 2.98. The Kier molecular flexibility index (Phi) is 4.81. The molecule has 1 N–H and O–H groups in total. The molecule has 0 saturated heterocycles. The van der Waals surface area contributed by atoms with E-state index in [2.05, 4.69) is 72.2 Å². The van der Waals surface area contributed by atoms with Crippen molar-refractivity contribution in [1.29, 1.82) is 0 Å². The fraction of sp³-hybridized carbons (Fsp3) is 0.538. The van der Waals surface area contributed by atoms with Gasteiger partial charge < -0.3 is 10.2 Å². The van der Waals surface area contributed by atoms with Gasteiger partial charge in [0.1, 0.15) is 0 Å². The maximum Gasteiger partial charge on any atom is 0.0425 e. The molecule has 1 unspecified atom stereocenters. The van der Waals surface area contributed by atoms with Crippen molar-refractivity contribution < 1.29 is 0 Å². The normalized spacial score (nSPS) is 12.9. The average Bonchev–Trinajstić information content (AvgIpc) is 2.26. The molecular formula is C13H21BrN2. The Balaban J connectivity index is 3.17. The van der Waals surface area contributed by atoms with Gasteiger partial charge in [-0.1, -0.05) is 22.0 Å². The van der Waals surface area contributed by atoms with E-state index in [1.165, 1.54) is 11.3 Å². The molecule has 1 aromatic carbocycles. The summed E-state index contributed by atoms with van der Waals surface area (Å²) >= 11 is 3.54. The van der Waals surface area contributed by atoms with E-state index in [1.54, 1.807) is 0 Å². The summed E-state index contributed by atoms with van der Waals surface area (Å²) in [5.74, 6) is 0. The Morgan fingerprint density at radius 2 is 1.88 bits per heavy atom. The minimum Gasteiger partial charge on any atom is -0.372 e. The van der Waals surface area contributed by atoms with Crippen molar-refractivity contribution in [3.8, 4) is 0 Å². The molecule has 2 nitrogen and oxygen atoms in total. The number of anilines is 1. The molecule has 0 aliphatic carbocycles. The van der Waals surface area contributed by atoms with Gasteiger partial charge in [0.05, 0.1) is 0 Å². The second kappa shape index (κ2) is 5.69. The molecule has 0 aromatic heterocycles. The van der Waals surface area contributed by atoms with E-state index >= 15 is 0 Å². The highest BCUT2D eigenvalue weighted by Gasteiger charge is 2.14. The fourth-order valence-electron chi connectivity index (χ4n) is 1.62. The molecule has 0 aliphatic rings. The van der Waals surface area contributed by atoms with Crippen molar-refractivity contribution in [1.82, 2.24) is 5.32 Å². The average molecular weight is 285 g/mol. The molecule has 0 radical (unpaired) electrons. The van der Waals surface area contributed by atoms with Crippen molar-refractivity contribution in [2.45, 2.75) is 32.9 Å². The zero-order valence-corrected chi connectivity index (χ0v) is 12.3. The lowest BCUT2D eigenvalue weighted by Gasteiger charge is -2.28. The predicted octanol–water partition coefficient (Wildman–Crippen LogP) is 3.57. The van der Waals surface area contributed by atoms with E-state index in [0.717, 1.165) is 4.47 Å². The molecule has 3 heteroatoms. The van der Waals surface area contributed by atoms with Gasteiger partial charge in [-0.2, -0.15) is 0 Å². The number of rotatable bonds is 4. The second-order valence-corrected chi connectivity index (χ2v) is 5.33. The number of nitrogens with zero attached hydrogens (tertiary/aromatic N) is 1. The second-order valence-electron chi connectivity index (χ2n) is 4.42. The Morgan fingerprint density at radius 3 is 2.38 bits per heavy atom. The number of nitrogens with one attached hydrogen (secondary N) is 1. The summed E-state index contributed by atoms with van der Waals surface area (Å²) in [5.41, 5.74) is 2.62. The van der Waals surface area contributed by atoms with Crippen LogP contribution in [0.3, 0.4) is 0 Å². The first kappa shape index (κ1) is 13.5. The van der Waals surface area contributed by atoms with E-state index in [1.807, 2.05) is 7.05 Å². The largest absolute Gasteiger partial charge is 0.372 e. The maximum atomic E-state index is 3.54. The van der Waals surface area contributed by atoms with E-state index < -0.39 is 0 Å². The highest BCUT2D eigenvalue weighted by atomic mass is 79.9. The maximum absolute atomic E-state index is 3.54. The minimum atomic E-state index is 0.365. The Labute approximate surface area is 107 Å². The van der Waals surface area contributed by atoms with Crippen LogP contribution in [0.15, 0.2) is 22.7 Å². The van der Waals surface area contributed by atoms with Gasteiger partial charge in [0.2, 0.25) is 0 Å². The van der Waals surface area contributed by atoms with Crippen LogP contribution in [0.4, 0.5) is 5.69 Å². The minimum absolute atomic E-state index is 0.365. The third-order valence-corrected chi connectivity index (χ3v) is 3.54. The van der Waals surface area contributed by atoms with Crippen LogP contribution >= 0.6 is 15.9 Å². The van der Waals surface area contributed by atoms with Gasteiger partial charge in [0.25, 0.3) is 0 Å². The van der Waals surface area contributed by atoms with Crippen LogP contribution in [-0.2, 0) is 0 Å². The first-order valence-corrected chi connectivity index (χ1v) is 6.46. The number of benzene rings is 1. The molecule has 90 valence electrons. The molecule has 0 fully saturated rings. The van der Waals surface area contributed by atoms with Gasteiger partial charge in [-0.05, 0) is 45.5 Å². The van der Waals surface area contributed by atoms with Crippen molar-refractivity contribution in [2.75, 3.05) is 19.0 Å². The lowest BCUT2D eigenvalue weighted by Crippen LogP contribution is -2.28. The molecule has 0 aliphatic heterocycles. The molecule has 0 bridgehead atoms. The van der Waals surface area contributed by atoms with E-state index in [4.69, 9.17) is 0 Å². The monoisotopic (exact) mass is 284 g/mol. The van der Waals surface area contributed by atoms with Gasteiger partial charge in [-0.25, -0.2) is 0 Å². The zero-order chi connectivity index (χ0) is 12.3. The molecule has 0 spiro atoms. The lowest BCUT2D eigenvalue weighted by molar-refractivity contribution is 0.644. The van der Waals surface area contributed by atoms with E-state index in [0.29, 0.717) is 12.1 Å². The molecule has 1 aromatic rings. The van der Waals surface area contributed by atoms with E-state index in [9.17, 15) is 0 Å². The van der Waals surface area contributed by atoms with Crippen molar-refractivity contribution in [3.05, 3.63) is 28.2 Å². The topological polar surface area (TPSA) is 15.3 Å². The van der Waals surface area contributed by atoms with Crippen LogP contribution in [0, 0.1) is 0 Å². The van der Waals surface area contributed by atoms with Crippen molar-refractivity contribution in [3.63, 3.8) is 0 Å². The zero-order valence-electron chi connectivity index (χ0n) is 10.7. The van der Waals surface area contributed by atoms with Crippen LogP contribution in [-0.4, -0.2) is 20.1 Å². The molecule has 0 amide bonds. The van der Waals surface area contributed by atoms with Crippen LogP contribution in [0.25, 0.3) is 0 Å². The summed E-state index contributed by atoms with van der Waals surface area (Å²) < 4.78 is 1.13. The highest BCUT2D eigenvalue weighted by Crippen LogP contribution is 2.29. The summed E-state index contributed by atoms with van der Waals surface area (Å²) in [4.78, 5) is 2.30. The van der Waals surface area contributed by atoms with Gasteiger partial charge in [0.15, 0.2) is 0 Å². The molecule has 1 atom stereocenters. The quantitative estimate of drug-likeness (QED) is 0.909. The van der Waals surface area contributed by atoms with Crippen LogP contribution in [0.2, 0.25) is 0 Å². The fourth-order valence-corrected chi connectivity index (χ4v) is 1.97. The molecule has 0 saturated carbocycles. The Morgan fingerprint density at radius 1 is 1.25 bits per heavy atom. The summed E-state index contributed by atoms with van der Waals surface area (Å²) in [6, 6.07) is 7.32. The van der Waals surface area contributed by atoms with Gasteiger partial charge >= 0.3 is 0 Å². The molecule has 16 heavy (non-hydrogen) atoms. The molecule has 1 rings (SSSR count). The smallest absolute Gasteiger partial charge is 0.0425 e. The SMILES string of the molecule is CNC(C)c1ccc(Br)cc1N(C)C(C)C. The number of hydrogen-bond acceptors (Lipinski definition) is 2. The Hall–Kier alpha value is -0.540. The highest BCUT2D eigenvalue weighted by molar-refractivity contribution is 9.10. The summed E-state index contributed by atoms with van der Waals surface area (Å²) in [6.45, 7) is 6.59. The van der Waals surface area contributed by atoms with Gasteiger partial charge in [-0.3, -0.25) is 0 Å². The first-order valence-electron chi connectivity index (χ1n) is 5.67. The predicted molar refractivity (Wildman–Crippen MR) is 75.2 cm³/mol. The van der Waals surface area contributed by atoms with Gasteiger partial charge in [0, 0.05) is 29.3 Å². The number of hydrogen-bond donors (Lipinski definition) is 1. The standard InChI is InChI=1S/C13H21BrN2/c1-9(2)16(5)13-8-11(14)6-7-12(13)10(3)15-4/h6-10,15H,1-5H3. The summed E-state index contributed by atoms with van der Waals surface area (Å²) in [7, 11) is 4.13. The first-order chi connectivity index (χ1) is 7.47.